The Morgan fingerprint density at radius 3 is 2.18 bits per heavy atom. The third-order valence-corrected chi connectivity index (χ3v) is 5.20. The number of Topliss-reactive ketones (excluding diaryl/α,β-unsaturated/α-hetero) is 1. The fraction of sp³-hybridized carbons (Fsp3) is 0.560. The van der Waals surface area contributed by atoms with E-state index in [1.165, 1.54) is 0 Å². The summed E-state index contributed by atoms with van der Waals surface area (Å²) in [5.74, 6) is -0.346. The molecule has 1 rings (SSSR count). The number of rotatable bonds is 8. The molecule has 1 saturated carbocycles. The lowest BCUT2D eigenvalue weighted by atomic mass is 10.0. The van der Waals surface area contributed by atoms with E-state index in [-0.39, 0.29) is 29.7 Å². The molecule has 0 atom stereocenters. The molecule has 1 fully saturated rings. The lowest BCUT2D eigenvalue weighted by molar-refractivity contribution is -0.112. The third-order valence-electron chi connectivity index (χ3n) is 5.20. The average Bonchev–Trinajstić information content (AvgIpc) is 3.22. The number of nitrogens with two attached hydrogens (primary N) is 1. The number of alkyl carbamates (subject to hydrolysis) is 1. The number of allylic oxidation sites excluding steroid dienone is 5. The summed E-state index contributed by atoms with van der Waals surface area (Å²) in [5.41, 5.74) is 7.12. The van der Waals surface area contributed by atoms with Gasteiger partial charge in [0.25, 0.3) is 0 Å². The number of nitrogens with zero attached hydrogens (tertiary/aromatic N) is 1. The molecule has 0 radical (unpaired) electrons. The maximum Gasteiger partial charge on any atom is 0.412 e. The number of ketones is 1. The van der Waals surface area contributed by atoms with Crippen molar-refractivity contribution in [2.45, 2.75) is 78.9 Å². The van der Waals surface area contributed by atoms with E-state index in [2.05, 4.69) is 11.9 Å². The highest BCUT2D eigenvalue weighted by Crippen LogP contribution is 2.23. The Balaban J connectivity index is 2.89. The fourth-order valence-corrected chi connectivity index (χ4v) is 3.26. The smallest absolute Gasteiger partial charge is 0.412 e. The van der Waals surface area contributed by atoms with E-state index in [1.54, 1.807) is 65.6 Å². The van der Waals surface area contributed by atoms with Crippen LogP contribution >= 0.6 is 0 Å². The van der Waals surface area contributed by atoms with Gasteiger partial charge in [-0.3, -0.25) is 10.1 Å². The third kappa shape index (κ3) is 9.55. The quantitative estimate of drug-likeness (QED) is 0.399. The van der Waals surface area contributed by atoms with E-state index >= 15 is 0 Å². The summed E-state index contributed by atoms with van der Waals surface area (Å²) >= 11 is 0. The molecule has 1 aliphatic carbocycles. The second-order valence-electron chi connectivity index (χ2n) is 9.43. The zero-order valence-corrected chi connectivity index (χ0v) is 21.0. The molecule has 0 aromatic carbocycles. The Morgan fingerprint density at radius 2 is 1.70 bits per heavy atom. The van der Waals surface area contributed by atoms with E-state index in [0.29, 0.717) is 16.8 Å². The summed E-state index contributed by atoms with van der Waals surface area (Å²) in [6.45, 7) is 13.9. The topological polar surface area (TPSA) is 111 Å². The summed E-state index contributed by atoms with van der Waals surface area (Å²) in [6, 6.07) is 0.171. The number of hydrogen-bond acceptors (Lipinski definition) is 6. The number of nitrogens with one attached hydrogen (secondary N) is 1. The summed E-state index contributed by atoms with van der Waals surface area (Å²) in [6.07, 6.45) is 6.15. The maximum absolute atomic E-state index is 12.9. The van der Waals surface area contributed by atoms with Gasteiger partial charge in [-0.2, -0.15) is 0 Å². The van der Waals surface area contributed by atoms with Gasteiger partial charge in [0.15, 0.2) is 5.78 Å². The minimum atomic E-state index is -0.645. The Hall–Kier alpha value is -3.03. The minimum Gasteiger partial charge on any atom is -0.444 e. The molecule has 1 aliphatic rings. The van der Waals surface area contributed by atoms with Gasteiger partial charge in [-0.25, -0.2) is 9.59 Å². The van der Waals surface area contributed by atoms with Gasteiger partial charge in [-0.15, -0.1) is 0 Å². The Labute approximate surface area is 197 Å². The summed E-state index contributed by atoms with van der Waals surface area (Å²) in [5, 5.41) is 2.63. The van der Waals surface area contributed by atoms with Crippen molar-refractivity contribution in [1.82, 2.24) is 10.2 Å². The second kappa shape index (κ2) is 12.3. The first-order valence-electron chi connectivity index (χ1n) is 11.2. The molecule has 0 aliphatic heterocycles. The van der Waals surface area contributed by atoms with Crippen LogP contribution in [0, 0.1) is 0 Å². The van der Waals surface area contributed by atoms with Crippen LogP contribution in [0.25, 0.3) is 0 Å². The molecule has 0 bridgehead atoms. The van der Waals surface area contributed by atoms with Gasteiger partial charge in [0.05, 0.1) is 5.57 Å². The summed E-state index contributed by atoms with van der Waals surface area (Å²) in [7, 11) is 1.71. The highest BCUT2D eigenvalue weighted by atomic mass is 16.6. The molecule has 184 valence electrons. The first-order valence-corrected chi connectivity index (χ1v) is 11.2. The SMILES string of the molecule is C=C(C)/C(=C\C=C(/C)C(=O)C(COC(=O)N(C)C1CCCC1)=C(C)N)NC(=O)OC(C)(C)C. The predicted octanol–water partition coefficient (Wildman–Crippen LogP) is 4.73. The van der Waals surface area contributed by atoms with Crippen molar-refractivity contribution >= 4 is 18.0 Å². The second-order valence-corrected chi connectivity index (χ2v) is 9.43. The van der Waals surface area contributed by atoms with Gasteiger partial charge in [-0.05, 0) is 71.6 Å². The standard InChI is InChI=1S/C25H39N3O5/c1-16(2)21(27-23(30)33-25(5,6)7)14-13-17(3)22(29)20(18(4)26)15-32-24(31)28(8)19-11-9-10-12-19/h13-14,19H,1,9-12,15,26H2,2-8H3,(H,27,30)/b17-13+,20-18?,21-14+. The molecule has 0 saturated heterocycles. The summed E-state index contributed by atoms with van der Waals surface area (Å²) < 4.78 is 10.6. The van der Waals surface area contributed by atoms with E-state index in [4.69, 9.17) is 15.2 Å². The number of ether oxygens (including phenoxy) is 2. The first-order chi connectivity index (χ1) is 15.2. The number of amides is 2. The van der Waals surface area contributed by atoms with Crippen molar-refractivity contribution in [3.05, 3.63) is 46.8 Å². The highest BCUT2D eigenvalue weighted by Gasteiger charge is 2.25. The van der Waals surface area contributed by atoms with Crippen molar-refractivity contribution in [3.63, 3.8) is 0 Å². The van der Waals surface area contributed by atoms with E-state index < -0.39 is 17.8 Å². The van der Waals surface area contributed by atoms with Gasteiger partial charge in [0.2, 0.25) is 0 Å². The molecule has 0 aromatic heterocycles. The molecule has 0 heterocycles. The normalized spacial score (nSPS) is 16.1. The molecule has 8 heteroatoms. The van der Waals surface area contributed by atoms with Gasteiger partial charge in [-0.1, -0.05) is 25.5 Å². The molecule has 2 amide bonds. The first kappa shape index (κ1) is 28.0. The van der Waals surface area contributed by atoms with Crippen molar-refractivity contribution in [2.24, 2.45) is 5.73 Å². The van der Waals surface area contributed by atoms with Crippen LogP contribution in [-0.4, -0.2) is 48.2 Å². The average molecular weight is 462 g/mol. The van der Waals surface area contributed by atoms with Gasteiger partial charge in [0.1, 0.15) is 12.2 Å². The van der Waals surface area contributed by atoms with Crippen LogP contribution in [0.5, 0.6) is 0 Å². The van der Waals surface area contributed by atoms with Crippen molar-refractivity contribution in [2.75, 3.05) is 13.7 Å². The maximum atomic E-state index is 12.9. The minimum absolute atomic E-state index is 0.171. The largest absolute Gasteiger partial charge is 0.444 e. The van der Waals surface area contributed by atoms with Gasteiger partial charge in [0, 0.05) is 24.5 Å². The van der Waals surface area contributed by atoms with Crippen molar-refractivity contribution < 1.29 is 23.9 Å². The van der Waals surface area contributed by atoms with Crippen LogP contribution in [0.3, 0.4) is 0 Å². The lowest BCUT2D eigenvalue weighted by Crippen LogP contribution is -2.36. The summed E-state index contributed by atoms with van der Waals surface area (Å²) in [4.78, 5) is 39.0. The Morgan fingerprint density at radius 1 is 1.12 bits per heavy atom. The monoisotopic (exact) mass is 461 g/mol. The number of hydrogen-bond donors (Lipinski definition) is 2. The predicted molar refractivity (Wildman–Crippen MR) is 129 cm³/mol. The van der Waals surface area contributed by atoms with E-state index in [1.807, 2.05) is 0 Å². The highest BCUT2D eigenvalue weighted by molar-refractivity contribution is 6.08. The number of carbonyl (C=O) groups excluding carboxylic acids is 3. The Bertz CT molecular complexity index is 852. The molecular weight excluding hydrogens is 422 g/mol. The van der Waals surface area contributed by atoms with Gasteiger partial charge < -0.3 is 20.1 Å². The lowest BCUT2D eigenvalue weighted by Gasteiger charge is -2.23. The van der Waals surface area contributed by atoms with Crippen LogP contribution < -0.4 is 11.1 Å². The fourth-order valence-electron chi connectivity index (χ4n) is 3.26. The number of carbonyl (C=O) groups is 3. The zero-order chi connectivity index (χ0) is 25.3. The van der Waals surface area contributed by atoms with Crippen LogP contribution in [0.15, 0.2) is 46.8 Å². The van der Waals surface area contributed by atoms with Crippen molar-refractivity contribution in [3.8, 4) is 0 Å². The zero-order valence-electron chi connectivity index (χ0n) is 21.0. The van der Waals surface area contributed by atoms with E-state index in [0.717, 1.165) is 25.7 Å². The molecular formula is C25H39N3O5. The Kier molecular flexibility index (Phi) is 10.4. The molecule has 8 nitrogen and oxygen atoms in total. The van der Waals surface area contributed by atoms with Crippen LogP contribution in [-0.2, 0) is 14.3 Å². The molecule has 0 spiro atoms. The van der Waals surface area contributed by atoms with E-state index in [9.17, 15) is 14.4 Å². The van der Waals surface area contributed by atoms with Crippen LogP contribution in [0.4, 0.5) is 9.59 Å². The van der Waals surface area contributed by atoms with Gasteiger partial charge >= 0.3 is 12.2 Å². The van der Waals surface area contributed by atoms with Crippen LogP contribution in [0.1, 0.15) is 67.2 Å². The van der Waals surface area contributed by atoms with Crippen LogP contribution in [0.2, 0.25) is 0 Å². The molecule has 33 heavy (non-hydrogen) atoms. The molecule has 0 aromatic rings. The molecule has 3 N–H and O–H groups in total. The van der Waals surface area contributed by atoms with Crippen molar-refractivity contribution in [1.29, 1.82) is 0 Å². The molecule has 0 unspecified atom stereocenters.